The van der Waals surface area contributed by atoms with Crippen LogP contribution in [-0.2, 0) is 11.3 Å². The van der Waals surface area contributed by atoms with Crippen LogP contribution in [0.3, 0.4) is 0 Å². The van der Waals surface area contributed by atoms with Crippen LogP contribution in [-0.4, -0.2) is 48.0 Å². The van der Waals surface area contributed by atoms with Crippen molar-refractivity contribution in [2.24, 2.45) is 5.92 Å². The maximum absolute atomic E-state index is 12.5. The molecule has 0 saturated carbocycles. The van der Waals surface area contributed by atoms with Crippen molar-refractivity contribution >= 4 is 23.4 Å². The predicted molar refractivity (Wildman–Crippen MR) is 103 cm³/mol. The molecule has 0 unspecified atom stereocenters. The molecule has 0 aliphatic carbocycles. The Bertz CT molecular complexity index is 572. The average molecular weight is 348 g/mol. The lowest BCUT2D eigenvalue weighted by Gasteiger charge is -2.27. The van der Waals surface area contributed by atoms with Crippen LogP contribution in [0.15, 0.2) is 18.2 Å². The number of nitrogens with zero attached hydrogens (tertiary/aromatic N) is 1. The van der Waals surface area contributed by atoms with Gasteiger partial charge in [-0.2, -0.15) is 11.8 Å². The van der Waals surface area contributed by atoms with E-state index in [1.165, 1.54) is 30.2 Å². The molecular weight excluding hydrogens is 318 g/mol. The molecule has 2 aliphatic heterocycles. The third kappa shape index (κ3) is 4.74. The minimum atomic E-state index is 0.131. The van der Waals surface area contributed by atoms with E-state index in [1.54, 1.807) is 0 Å². The van der Waals surface area contributed by atoms with Crippen LogP contribution in [0.25, 0.3) is 0 Å². The monoisotopic (exact) mass is 347 g/mol. The topological polar surface area (TPSA) is 44.4 Å². The van der Waals surface area contributed by atoms with Crippen molar-refractivity contribution in [3.05, 3.63) is 29.3 Å². The third-order valence-corrected chi connectivity index (χ3v) is 6.00. The first-order chi connectivity index (χ1) is 11.6. The molecule has 3 rings (SSSR count). The van der Waals surface area contributed by atoms with E-state index in [-0.39, 0.29) is 11.8 Å². The summed E-state index contributed by atoms with van der Waals surface area (Å²) in [5.74, 6) is 2.78. The zero-order valence-electron chi connectivity index (χ0n) is 14.8. The standard InChI is InChI=1S/C19H29N3OS/c1-14-11-16(13-22-7-9-24-10-8-22)3-4-18(14)21-19(23)17-5-6-20-15(2)12-17/h3-4,11,15,17,20H,5-10,12-13H2,1-2H3,(H,21,23)/t15-,17-/m0/s1. The van der Waals surface area contributed by atoms with E-state index in [4.69, 9.17) is 0 Å². The molecule has 0 bridgehead atoms. The minimum absolute atomic E-state index is 0.131. The molecule has 2 saturated heterocycles. The summed E-state index contributed by atoms with van der Waals surface area (Å²) in [4.78, 5) is 15.0. The summed E-state index contributed by atoms with van der Waals surface area (Å²) in [5.41, 5.74) is 3.46. The number of rotatable bonds is 4. The van der Waals surface area contributed by atoms with E-state index in [0.717, 1.165) is 37.2 Å². The molecule has 2 aliphatic rings. The number of thioether (sulfide) groups is 1. The number of amides is 1. The summed E-state index contributed by atoms with van der Waals surface area (Å²) in [6.07, 6.45) is 1.86. The largest absolute Gasteiger partial charge is 0.326 e. The van der Waals surface area contributed by atoms with Gasteiger partial charge in [0.2, 0.25) is 5.91 Å². The van der Waals surface area contributed by atoms with Crippen molar-refractivity contribution in [3.8, 4) is 0 Å². The Morgan fingerprint density at radius 2 is 2.17 bits per heavy atom. The zero-order valence-corrected chi connectivity index (χ0v) is 15.6. The number of hydrogen-bond acceptors (Lipinski definition) is 4. The number of nitrogens with one attached hydrogen (secondary N) is 2. The van der Waals surface area contributed by atoms with Crippen molar-refractivity contribution in [2.45, 2.75) is 39.3 Å². The number of aryl methyl sites for hydroxylation is 1. The number of carbonyl (C=O) groups is 1. The molecule has 2 atom stereocenters. The summed E-state index contributed by atoms with van der Waals surface area (Å²) in [7, 11) is 0. The Morgan fingerprint density at radius 3 is 2.88 bits per heavy atom. The fraction of sp³-hybridized carbons (Fsp3) is 0.632. The second-order valence-electron chi connectivity index (χ2n) is 7.10. The number of anilines is 1. The first-order valence-electron chi connectivity index (χ1n) is 9.05. The zero-order chi connectivity index (χ0) is 16.9. The second-order valence-corrected chi connectivity index (χ2v) is 8.33. The molecule has 2 fully saturated rings. The summed E-state index contributed by atoms with van der Waals surface area (Å²) >= 11 is 2.04. The first kappa shape index (κ1) is 17.8. The van der Waals surface area contributed by atoms with Gasteiger partial charge in [-0.25, -0.2) is 0 Å². The number of carbonyl (C=O) groups excluding carboxylic acids is 1. The van der Waals surface area contributed by atoms with Gasteiger partial charge in [-0.15, -0.1) is 0 Å². The molecule has 1 amide bonds. The number of piperidine rings is 1. The molecule has 1 aromatic rings. The molecule has 2 heterocycles. The average Bonchev–Trinajstić information content (AvgIpc) is 2.58. The van der Waals surface area contributed by atoms with Crippen molar-refractivity contribution < 1.29 is 4.79 Å². The van der Waals surface area contributed by atoms with Gasteiger partial charge in [0.25, 0.3) is 0 Å². The highest BCUT2D eigenvalue weighted by molar-refractivity contribution is 7.99. The van der Waals surface area contributed by atoms with Crippen LogP contribution in [0.5, 0.6) is 0 Å². The lowest BCUT2D eigenvalue weighted by atomic mass is 9.92. The van der Waals surface area contributed by atoms with Crippen LogP contribution < -0.4 is 10.6 Å². The maximum Gasteiger partial charge on any atom is 0.227 e. The molecule has 1 aromatic carbocycles. The molecule has 0 aromatic heterocycles. The van der Waals surface area contributed by atoms with Gasteiger partial charge in [0, 0.05) is 48.8 Å². The summed E-state index contributed by atoms with van der Waals surface area (Å²) < 4.78 is 0. The summed E-state index contributed by atoms with van der Waals surface area (Å²) in [6.45, 7) is 8.55. The quantitative estimate of drug-likeness (QED) is 0.879. The highest BCUT2D eigenvalue weighted by Gasteiger charge is 2.25. The van der Waals surface area contributed by atoms with E-state index < -0.39 is 0 Å². The SMILES string of the molecule is Cc1cc(CN2CCSCC2)ccc1NC(=O)[C@H]1CCN[C@@H](C)C1. The van der Waals surface area contributed by atoms with E-state index >= 15 is 0 Å². The Balaban J connectivity index is 1.58. The Labute approximate surface area is 149 Å². The lowest BCUT2D eigenvalue weighted by molar-refractivity contribution is -0.120. The molecule has 4 nitrogen and oxygen atoms in total. The van der Waals surface area contributed by atoms with Gasteiger partial charge in [0.15, 0.2) is 0 Å². The number of hydrogen-bond donors (Lipinski definition) is 2. The molecule has 132 valence electrons. The smallest absolute Gasteiger partial charge is 0.227 e. The van der Waals surface area contributed by atoms with Gasteiger partial charge in [0.05, 0.1) is 0 Å². The van der Waals surface area contributed by atoms with Gasteiger partial charge < -0.3 is 10.6 Å². The first-order valence-corrected chi connectivity index (χ1v) is 10.2. The normalized spacial score (nSPS) is 25.4. The Morgan fingerprint density at radius 1 is 1.38 bits per heavy atom. The van der Waals surface area contributed by atoms with Crippen LogP contribution in [0.2, 0.25) is 0 Å². The van der Waals surface area contributed by atoms with Crippen LogP contribution >= 0.6 is 11.8 Å². The Kier molecular flexibility index (Phi) is 6.19. The highest BCUT2D eigenvalue weighted by Crippen LogP contribution is 2.22. The van der Waals surface area contributed by atoms with E-state index in [9.17, 15) is 4.79 Å². The fourth-order valence-corrected chi connectivity index (χ4v) is 4.57. The summed E-state index contributed by atoms with van der Waals surface area (Å²) in [6, 6.07) is 6.89. The number of benzene rings is 1. The van der Waals surface area contributed by atoms with Crippen LogP contribution in [0.4, 0.5) is 5.69 Å². The lowest BCUT2D eigenvalue weighted by Crippen LogP contribution is -2.40. The van der Waals surface area contributed by atoms with E-state index in [1.807, 2.05) is 11.8 Å². The predicted octanol–water partition coefficient (Wildman–Crippen LogP) is 2.87. The molecular formula is C19H29N3OS. The van der Waals surface area contributed by atoms with Gasteiger partial charge in [-0.05, 0) is 50.4 Å². The maximum atomic E-state index is 12.5. The third-order valence-electron chi connectivity index (χ3n) is 5.05. The highest BCUT2D eigenvalue weighted by atomic mass is 32.2. The van der Waals surface area contributed by atoms with Crippen LogP contribution in [0, 0.1) is 12.8 Å². The van der Waals surface area contributed by atoms with Crippen LogP contribution in [0.1, 0.15) is 30.9 Å². The van der Waals surface area contributed by atoms with Gasteiger partial charge in [-0.1, -0.05) is 12.1 Å². The van der Waals surface area contributed by atoms with Gasteiger partial charge in [-0.3, -0.25) is 9.69 Å². The van der Waals surface area contributed by atoms with Crippen molar-refractivity contribution in [3.63, 3.8) is 0 Å². The van der Waals surface area contributed by atoms with Gasteiger partial charge in [0.1, 0.15) is 0 Å². The fourth-order valence-electron chi connectivity index (χ4n) is 3.59. The van der Waals surface area contributed by atoms with Crippen molar-refractivity contribution in [1.29, 1.82) is 0 Å². The summed E-state index contributed by atoms with van der Waals surface area (Å²) in [5, 5.41) is 6.55. The molecule has 2 N–H and O–H groups in total. The van der Waals surface area contributed by atoms with Gasteiger partial charge >= 0.3 is 0 Å². The molecule has 5 heteroatoms. The van der Waals surface area contributed by atoms with E-state index in [2.05, 4.69) is 47.6 Å². The Hall–Kier alpha value is -1.04. The second kappa shape index (κ2) is 8.37. The molecule has 0 spiro atoms. The van der Waals surface area contributed by atoms with E-state index in [0.29, 0.717) is 6.04 Å². The van der Waals surface area contributed by atoms with Crippen molar-refractivity contribution in [2.75, 3.05) is 36.5 Å². The molecule has 0 radical (unpaired) electrons. The van der Waals surface area contributed by atoms with Crippen molar-refractivity contribution in [1.82, 2.24) is 10.2 Å². The minimum Gasteiger partial charge on any atom is -0.326 e. The molecule has 24 heavy (non-hydrogen) atoms.